The molecule has 1 aromatic rings. The van der Waals surface area contributed by atoms with Gasteiger partial charge in [0.15, 0.2) is 17.3 Å². The molecule has 1 rings (SSSR count). The van der Waals surface area contributed by atoms with E-state index in [1.165, 1.54) is 20.3 Å². The lowest BCUT2D eigenvalue weighted by Crippen LogP contribution is -2.04. The van der Waals surface area contributed by atoms with E-state index < -0.39 is 5.82 Å². The van der Waals surface area contributed by atoms with Gasteiger partial charge in [-0.1, -0.05) is 0 Å². The van der Waals surface area contributed by atoms with E-state index in [0.29, 0.717) is 18.1 Å². The standard InChI is InChI=1S/C12H14ClFO3/c1-16-11-6-8(10(15)4-3-5-13)9(14)7-12(11)17-2/h6-7H,3-5H2,1-2H3. The normalized spacial score (nSPS) is 10.1. The average Bonchev–Trinajstić information content (AvgIpc) is 2.35. The fourth-order valence-electron chi connectivity index (χ4n) is 1.43. The van der Waals surface area contributed by atoms with E-state index in [4.69, 9.17) is 21.1 Å². The second kappa shape index (κ2) is 6.45. The molecule has 0 fully saturated rings. The molecule has 0 spiro atoms. The van der Waals surface area contributed by atoms with E-state index in [2.05, 4.69) is 0 Å². The van der Waals surface area contributed by atoms with Crippen molar-refractivity contribution in [3.05, 3.63) is 23.5 Å². The van der Waals surface area contributed by atoms with Crippen molar-refractivity contribution in [2.45, 2.75) is 12.8 Å². The molecular weight excluding hydrogens is 247 g/mol. The minimum Gasteiger partial charge on any atom is -0.493 e. The first-order valence-electron chi connectivity index (χ1n) is 5.14. The van der Waals surface area contributed by atoms with Crippen LogP contribution in [0.4, 0.5) is 4.39 Å². The van der Waals surface area contributed by atoms with Crippen molar-refractivity contribution in [1.29, 1.82) is 0 Å². The van der Waals surface area contributed by atoms with Gasteiger partial charge in [-0.3, -0.25) is 4.79 Å². The van der Waals surface area contributed by atoms with Gasteiger partial charge in [-0.25, -0.2) is 4.39 Å². The zero-order valence-corrected chi connectivity index (χ0v) is 10.5. The van der Waals surface area contributed by atoms with Crippen LogP contribution in [0.5, 0.6) is 11.5 Å². The number of hydrogen-bond acceptors (Lipinski definition) is 3. The van der Waals surface area contributed by atoms with Crippen LogP contribution in [0.15, 0.2) is 12.1 Å². The lowest BCUT2D eigenvalue weighted by atomic mass is 10.1. The predicted molar refractivity (Wildman–Crippen MR) is 63.8 cm³/mol. The maximum Gasteiger partial charge on any atom is 0.166 e. The van der Waals surface area contributed by atoms with Crippen molar-refractivity contribution < 1.29 is 18.7 Å². The highest BCUT2D eigenvalue weighted by Gasteiger charge is 2.16. The summed E-state index contributed by atoms with van der Waals surface area (Å²) in [4.78, 5) is 11.7. The van der Waals surface area contributed by atoms with Crippen LogP contribution in [0.1, 0.15) is 23.2 Å². The van der Waals surface area contributed by atoms with Crippen molar-refractivity contribution in [3.63, 3.8) is 0 Å². The third-order valence-electron chi connectivity index (χ3n) is 2.31. The third kappa shape index (κ3) is 3.33. The Morgan fingerprint density at radius 2 is 1.88 bits per heavy atom. The molecule has 0 aliphatic heterocycles. The first-order chi connectivity index (χ1) is 8.13. The van der Waals surface area contributed by atoms with Crippen LogP contribution >= 0.6 is 11.6 Å². The molecule has 0 aliphatic carbocycles. The summed E-state index contributed by atoms with van der Waals surface area (Å²) in [5.41, 5.74) is 0.00719. The zero-order chi connectivity index (χ0) is 12.8. The van der Waals surface area contributed by atoms with Gasteiger partial charge in [-0.2, -0.15) is 0 Å². The van der Waals surface area contributed by atoms with Gasteiger partial charge in [0.2, 0.25) is 0 Å². The summed E-state index contributed by atoms with van der Waals surface area (Å²) < 4.78 is 23.6. The maximum atomic E-state index is 13.6. The summed E-state index contributed by atoms with van der Waals surface area (Å²) in [7, 11) is 2.84. The largest absolute Gasteiger partial charge is 0.493 e. The Balaban J connectivity index is 3.03. The van der Waals surface area contributed by atoms with E-state index in [0.717, 1.165) is 6.07 Å². The number of carbonyl (C=O) groups excluding carboxylic acids is 1. The van der Waals surface area contributed by atoms with Crippen LogP contribution in [0.3, 0.4) is 0 Å². The number of benzene rings is 1. The molecule has 5 heteroatoms. The number of Topliss-reactive ketones (excluding diaryl/α,β-unsaturated/α-hetero) is 1. The average molecular weight is 261 g/mol. The van der Waals surface area contributed by atoms with Crippen molar-refractivity contribution in [1.82, 2.24) is 0 Å². The summed E-state index contributed by atoms with van der Waals surface area (Å²) in [6.45, 7) is 0. The van der Waals surface area contributed by atoms with Gasteiger partial charge in [0, 0.05) is 18.4 Å². The summed E-state index contributed by atoms with van der Waals surface area (Å²) in [5.74, 6) is 0.0778. The van der Waals surface area contributed by atoms with E-state index in [1.807, 2.05) is 0 Å². The highest BCUT2D eigenvalue weighted by Crippen LogP contribution is 2.30. The van der Waals surface area contributed by atoms with E-state index in [-0.39, 0.29) is 23.5 Å². The van der Waals surface area contributed by atoms with Gasteiger partial charge in [0.05, 0.1) is 19.8 Å². The fourth-order valence-corrected chi connectivity index (χ4v) is 1.56. The Morgan fingerprint density at radius 3 is 2.41 bits per heavy atom. The first kappa shape index (κ1) is 13.8. The summed E-state index contributed by atoms with van der Waals surface area (Å²) >= 11 is 5.49. The molecule has 17 heavy (non-hydrogen) atoms. The number of alkyl halides is 1. The molecule has 0 radical (unpaired) electrons. The number of rotatable bonds is 6. The van der Waals surface area contributed by atoms with Gasteiger partial charge in [-0.15, -0.1) is 11.6 Å². The summed E-state index contributed by atoms with van der Waals surface area (Å²) in [6, 6.07) is 2.50. The van der Waals surface area contributed by atoms with Crippen molar-refractivity contribution in [2.75, 3.05) is 20.1 Å². The van der Waals surface area contributed by atoms with Gasteiger partial charge >= 0.3 is 0 Å². The molecule has 0 saturated heterocycles. The molecule has 0 bridgehead atoms. The van der Waals surface area contributed by atoms with Crippen molar-refractivity contribution in [3.8, 4) is 11.5 Å². The number of hydrogen-bond donors (Lipinski definition) is 0. The van der Waals surface area contributed by atoms with Crippen LogP contribution in [-0.4, -0.2) is 25.9 Å². The number of ether oxygens (including phenoxy) is 2. The first-order valence-corrected chi connectivity index (χ1v) is 5.68. The van der Waals surface area contributed by atoms with E-state index >= 15 is 0 Å². The molecule has 0 heterocycles. The van der Waals surface area contributed by atoms with Crippen LogP contribution in [-0.2, 0) is 0 Å². The van der Waals surface area contributed by atoms with Gasteiger partial charge < -0.3 is 9.47 Å². The van der Waals surface area contributed by atoms with Gasteiger partial charge in [0.1, 0.15) is 5.82 Å². The van der Waals surface area contributed by atoms with E-state index in [1.54, 1.807) is 0 Å². The van der Waals surface area contributed by atoms with Crippen molar-refractivity contribution in [2.24, 2.45) is 0 Å². The molecular formula is C12H14ClFO3. The Labute approximate surface area is 104 Å². The van der Waals surface area contributed by atoms with Crippen LogP contribution in [0.25, 0.3) is 0 Å². The molecule has 0 atom stereocenters. The molecule has 0 aromatic heterocycles. The Kier molecular flexibility index (Phi) is 5.22. The van der Waals surface area contributed by atoms with E-state index in [9.17, 15) is 9.18 Å². The quantitative estimate of drug-likeness (QED) is 0.583. The summed E-state index contributed by atoms with van der Waals surface area (Å²) in [6.07, 6.45) is 0.740. The highest BCUT2D eigenvalue weighted by atomic mass is 35.5. The molecule has 94 valence electrons. The van der Waals surface area contributed by atoms with Gasteiger partial charge in [0.25, 0.3) is 0 Å². The second-order valence-electron chi connectivity index (χ2n) is 3.40. The number of carbonyl (C=O) groups is 1. The minimum atomic E-state index is -0.609. The topological polar surface area (TPSA) is 35.5 Å². The molecule has 0 unspecified atom stereocenters. The number of methoxy groups -OCH3 is 2. The smallest absolute Gasteiger partial charge is 0.166 e. The van der Waals surface area contributed by atoms with Crippen molar-refractivity contribution >= 4 is 17.4 Å². The lowest BCUT2D eigenvalue weighted by molar-refractivity contribution is 0.0977. The number of halogens is 2. The SMILES string of the molecule is COc1cc(F)c(C(=O)CCCCl)cc1OC. The zero-order valence-electron chi connectivity index (χ0n) is 9.76. The third-order valence-corrected chi connectivity index (χ3v) is 2.58. The number of ketones is 1. The van der Waals surface area contributed by atoms with Gasteiger partial charge in [-0.05, 0) is 12.5 Å². The highest BCUT2D eigenvalue weighted by molar-refractivity contribution is 6.18. The summed E-state index contributed by atoms with van der Waals surface area (Å²) in [5, 5.41) is 0. The molecule has 3 nitrogen and oxygen atoms in total. The predicted octanol–water partition coefficient (Wildman–Crippen LogP) is 3.04. The minimum absolute atomic E-state index is 0.00719. The fraction of sp³-hybridized carbons (Fsp3) is 0.417. The lowest BCUT2D eigenvalue weighted by Gasteiger charge is -2.10. The molecule has 0 saturated carbocycles. The Hall–Kier alpha value is -1.29. The van der Waals surface area contributed by atoms with Crippen LogP contribution < -0.4 is 9.47 Å². The molecule has 0 N–H and O–H groups in total. The second-order valence-corrected chi connectivity index (χ2v) is 3.78. The Bertz CT molecular complexity index is 407. The molecule has 0 aliphatic rings. The Morgan fingerprint density at radius 1 is 1.29 bits per heavy atom. The molecule has 1 aromatic carbocycles. The van der Waals surface area contributed by atoms with Crippen LogP contribution in [0, 0.1) is 5.82 Å². The van der Waals surface area contributed by atoms with Crippen LogP contribution in [0.2, 0.25) is 0 Å². The molecule has 0 amide bonds. The monoisotopic (exact) mass is 260 g/mol. The maximum absolute atomic E-state index is 13.6.